The summed E-state index contributed by atoms with van der Waals surface area (Å²) >= 11 is 0. The van der Waals surface area contributed by atoms with Gasteiger partial charge in [0.15, 0.2) is 11.5 Å². The predicted molar refractivity (Wildman–Crippen MR) is 93.9 cm³/mol. The maximum absolute atomic E-state index is 5.90. The van der Waals surface area contributed by atoms with Crippen LogP contribution in [0, 0.1) is 20.8 Å². The number of hydrogen-bond acceptors (Lipinski definition) is 3. The third kappa shape index (κ3) is 4.92. The van der Waals surface area contributed by atoms with E-state index >= 15 is 0 Å². The molecule has 0 saturated heterocycles. The monoisotopic (exact) mass is 314 g/mol. The molecule has 0 spiro atoms. The second-order valence-corrected chi connectivity index (χ2v) is 5.64. The van der Waals surface area contributed by atoms with Crippen molar-refractivity contribution in [1.29, 1.82) is 0 Å². The van der Waals surface area contributed by atoms with Crippen molar-refractivity contribution in [1.82, 2.24) is 0 Å². The van der Waals surface area contributed by atoms with Gasteiger partial charge in [0, 0.05) is 6.42 Å². The van der Waals surface area contributed by atoms with Gasteiger partial charge in [0.1, 0.15) is 5.75 Å². The van der Waals surface area contributed by atoms with E-state index in [9.17, 15) is 0 Å². The van der Waals surface area contributed by atoms with Crippen LogP contribution in [-0.4, -0.2) is 19.8 Å². The minimum absolute atomic E-state index is 0.605. The van der Waals surface area contributed by atoms with Gasteiger partial charge in [0.2, 0.25) is 0 Å². The average molecular weight is 314 g/mol. The molecule has 0 radical (unpaired) electrons. The quantitative estimate of drug-likeness (QED) is 0.651. The highest BCUT2D eigenvalue weighted by molar-refractivity contribution is 5.42. The highest BCUT2D eigenvalue weighted by atomic mass is 16.5. The molecular weight excluding hydrogens is 288 g/mol. The maximum Gasteiger partial charge on any atom is 0.161 e. The van der Waals surface area contributed by atoms with Gasteiger partial charge < -0.3 is 14.2 Å². The van der Waals surface area contributed by atoms with Gasteiger partial charge in [-0.1, -0.05) is 18.2 Å². The molecule has 0 atom stereocenters. The topological polar surface area (TPSA) is 27.7 Å². The SMILES string of the molecule is CCOc1ccccc1OCCCOc1cc(C)cc(C)c1C. The van der Waals surface area contributed by atoms with Gasteiger partial charge in [-0.05, 0) is 62.6 Å². The zero-order chi connectivity index (χ0) is 16.7. The molecule has 0 saturated carbocycles. The summed E-state index contributed by atoms with van der Waals surface area (Å²) in [5.74, 6) is 2.55. The molecule has 0 bridgehead atoms. The highest BCUT2D eigenvalue weighted by Crippen LogP contribution is 2.26. The fraction of sp³-hybridized carbons (Fsp3) is 0.400. The molecule has 2 aromatic rings. The molecule has 0 aliphatic heterocycles. The van der Waals surface area contributed by atoms with Gasteiger partial charge in [-0.15, -0.1) is 0 Å². The Kier molecular flexibility index (Phi) is 6.33. The van der Waals surface area contributed by atoms with Crippen LogP contribution >= 0.6 is 0 Å². The van der Waals surface area contributed by atoms with Crippen LogP contribution in [0.2, 0.25) is 0 Å². The fourth-order valence-electron chi connectivity index (χ4n) is 2.42. The summed E-state index contributed by atoms with van der Waals surface area (Å²) in [6, 6.07) is 12.0. The summed E-state index contributed by atoms with van der Waals surface area (Å²) in [5, 5.41) is 0. The zero-order valence-electron chi connectivity index (χ0n) is 14.5. The van der Waals surface area contributed by atoms with Crippen LogP contribution in [-0.2, 0) is 0 Å². The van der Waals surface area contributed by atoms with Gasteiger partial charge in [-0.25, -0.2) is 0 Å². The van der Waals surface area contributed by atoms with Crippen molar-refractivity contribution in [2.45, 2.75) is 34.1 Å². The largest absolute Gasteiger partial charge is 0.493 e. The van der Waals surface area contributed by atoms with Gasteiger partial charge in [0.25, 0.3) is 0 Å². The minimum atomic E-state index is 0.605. The van der Waals surface area contributed by atoms with E-state index in [1.807, 2.05) is 31.2 Å². The Hall–Kier alpha value is -2.16. The maximum atomic E-state index is 5.90. The second-order valence-electron chi connectivity index (χ2n) is 5.64. The zero-order valence-corrected chi connectivity index (χ0v) is 14.5. The molecule has 3 heteroatoms. The van der Waals surface area contributed by atoms with E-state index in [1.54, 1.807) is 0 Å². The average Bonchev–Trinajstić information content (AvgIpc) is 2.53. The molecule has 0 aromatic heterocycles. The summed E-state index contributed by atoms with van der Waals surface area (Å²) < 4.78 is 17.3. The van der Waals surface area contributed by atoms with Crippen molar-refractivity contribution in [3.05, 3.63) is 53.1 Å². The van der Waals surface area contributed by atoms with E-state index in [0.29, 0.717) is 19.8 Å². The van der Waals surface area contributed by atoms with Gasteiger partial charge >= 0.3 is 0 Å². The van der Waals surface area contributed by atoms with Gasteiger partial charge in [0.05, 0.1) is 19.8 Å². The summed E-state index contributed by atoms with van der Waals surface area (Å²) in [5.41, 5.74) is 3.70. The lowest BCUT2D eigenvalue weighted by Crippen LogP contribution is -2.07. The Labute approximate surface area is 139 Å². The molecule has 124 valence electrons. The number of ether oxygens (including phenoxy) is 3. The first-order valence-electron chi connectivity index (χ1n) is 8.17. The van der Waals surface area contributed by atoms with Crippen LogP contribution in [0.25, 0.3) is 0 Å². The molecule has 0 heterocycles. The lowest BCUT2D eigenvalue weighted by molar-refractivity contribution is 0.235. The number of rotatable bonds is 8. The Morgan fingerprint density at radius 2 is 1.39 bits per heavy atom. The Balaban J connectivity index is 1.81. The molecule has 0 unspecified atom stereocenters. The molecule has 0 aliphatic carbocycles. The number of benzene rings is 2. The summed E-state index contributed by atoms with van der Waals surface area (Å²) in [6.07, 6.45) is 0.826. The van der Waals surface area contributed by atoms with Crippen LogP contribution in [0.3, 0.4) is 0 Å². The van der Waals surface area contributed by atoms with Crippen LogP contribution < -0.4 is 14.2 Å². The number of aryl methyl sites for hydroxylation is 2. The molecule has 0 amide bonds. The van der Waals surface area contributed by atoms with Crippen molar-refractivity contribution < 1.29 is 14.2 Å². The van der Waals surface area contributed by atoms with E-state index in [2.05, 4.69) is 32.9 Å². The number of hydrogen-bond donors (Lipinski definition) is 0. The van der Waals surface area contributed by atoms with E-state index in [-0.39, 0.29) is 0 Å². The highest BCUT2D eigenvalue weighted by Gasteiger charge is 2.05. The second kappa shape index (κ2) is 8.47. The Morgan fingerprint density at radius 3 is 2.04 bits per heavy atom. The first-order valence-corrected chi connectivity index (χ1v) is 8.17. The molecule has 0 fully saturated rings. The van der Waals surface area contributed by atoms with Gasteiger partial charge in [-0.3, -0.25) is 0 Å². The third-order valence-corrected chi connectivity index (χ3v) is 3.72. The first kappa shape index (κ1) is 17.2. The third-order valence-electron chi connectivity index (χ3n) is 3.72. The Morgan fingerprint density at radius 1 is 0.783 bits per heavy atom. The van der Waals surface area contributed by atoms with Crippen LogP contribution in [0.1, 0.15) is 30.0 Å². The van der Waals surface area contributed by atoms with E-state index in [1.165, 1.54) is 16.7 Å². The summed E-state index contributed by atoms with van der Waals surface area (Å²) in [4.78, 5) is 0. The summed E-state index contributed by atoms with van der Waals surface area (Å²) in [7, 11) is 0. The van der Waals surface area contributed by atoms with Crippen LogP contribution in [0.15, 0.2) is 36.4 Å². The van der Waals surface area contributed by atoms with Crippen molar-refractivity contribution >= 4 is 0 Å². The van der Waals surface area contributed by atoms with E-state index in [0.717, 1.165) is 23.7 Å². The first-order chi connectivity index (χ1) is 11.1. The smallest absolute Gasteiger partial charge is 0.161 e. The molecular formula is C20H26O3. The van der Waals surface area contributed by atoms with E-state index in [4.69, 9.17) is 14.2 Å². The van der Waals surface area contributed by atoms with Crippen LogP contribution in [0.5, 0.6) is 17.2 Å². The lowest BCUT2D eigenvalue weighted by Gasteiger charge is -2.14. The molecule has 0 aliphatic rings. The normalized spacial score (nSPS) is 10.4. The standard InChI is InChI=1S/C20H26O3/c1-5-21-18-9-6-7-10-19(18)22-11-8-12-23-20-14-15(2)13-16(3)17(20)4/h6-7,9-10,13-14H,5,8,11-12H2,1-4H3. The number of para-hydroxylation sites is 2. The summed E-state index contributed by atoms with van der Waals surface area (Å²) in [6.45, 7) is 10.1. The predicted octanol–water partition coefficient (Wildman–Crippen LogP) is 4.86. The minimum Gasteiger partial charge on any atom is -0.493 e. The molecule has 2 aromatic carbocycles. The fourth-order valence-corrected chi connectivity index (χ4v) is 2.42. The molecule has 3 nitrogen and oxygen atoms in total. The Bertz CT molecular complexity index is 635. The van der Waals surface area contributed by atoms with Crippen LogP contribution in [0.4, 0.5) is 0 Å². The molecule has 23 heavy (non-hydrogen) atoms. The van der Waals surface area contributed by atoms with Crippen molar-refractivity contribution in [3.8, 4) is 17.2 Å². The van der Waals surface area contributed by atoms with Gasteiger partial charge in [-0.2, -0.15) is 0 Å². The van der Waals surface area contributed by atoms with Crippen molar-refractivity contribution in [2.75, 3.05) is 19.8 Å². The molecule has 0 N–H and O–H groups in total. The van der Waals surface area contributed by atoms with Crippen molar-refractivity contribution in [3.63, 3.8) is 0 Å². The lowest BCUT2D eigenvalue weighted by atomic mass is 10.1. The molecule has 2 rings (SSSR count). The van der Waals surface area contributed by atoms with Crippen molar-refractivity contribution in [2.24, 2.45) is 0 Å². The van der Waals surface area contributed by atoms with E-state index < -0.39 is 0 Å².